The Morgan fingerprint density at radius 2 is 2.00 bits per heavy atom. The highest BCUT2D eigenvalue weighted by Crippen LogP contribution is 2.32. The molecule has 4 nitrogen and oxygen atoms in total. The van der Waals surface area contributed by atoms with Gasteiger partial charge in [0.1, 0.15) is 5.75 Å². The molecule has 0 bridgehead atoms. The molecular formula is C15H22ClNO3S. The molecule has 0 heterocycles. The highest BCUT2D eigenvalue weighted by Gasteiger charge is 2.25. The Hall–Kier alpha value is -0.780. The van der Waals surface area contributed by atoms with E-state index in [1.54, 1.807) is 0 Å². The Morgan fingerprint density at radius 1 is 1.24 bits per heavy atom. The van der Waals surface area contributed by atoms with Gasteiger partial charge in [-0.3, -0.25) is 0 Å². The predicted molar refractivity (Wildman–Crippen MR) is 85.3 cm³/mol. The lowest BCUT2D eigenvalue weighted by molar-refractivity contribution is 0.143. The van der Waals surface area contributed by atoms with Crippen LogP contribution in [0.4, 0.5) is 0 Å². The molecule has 0 aromatic heterocycles. The largest absolute Gasteiger partial charge is 0.493 e. The Morgan fingerprint density at radius 3 is 2.71 bits per heavy atom. The lowest BCUT2D eigenvalue weighted by atomic mass is 9.78. The molecular weight excluding hydrogens is 310 g/mol. The van der Waals surface area contributed by atoms with Gasteiger partial charge in [-0.25, -0.2) is 13.1 Å². The summed E-state index contributed by atoms with van der Waals surface area (Å²) in [6, 6.07) is 7.44. The molecule has 1 fully saturated rings. The highest BCUT2D eigenvalue weighted by molar-refractivity contribution is 7.70. The first-order valence-electron chi connectivity index (χ1n) is 7.41. The van der Waals surface area contributed by atoms with Crippen molar-refractivity contribution in [2.45, 2.75) is 32.1 Å². The molecule has 1 aliphatic carbocycles. The van der Waals surface area contributed by atoms with Crippen molar-refractivity contribution in [3.05, 3.63) is 29.3 Å². The number of benzene rings is 1. The second-order valence-electron chi connectivity index (χ2n) is 5.53. The molecule has 0 aliphatic heterocycles. The zero-order valence-electron chi connectivity index (χ0n) is 12.0. The fourth-order valence-corrected chi connectivity index (χ4v) is 3.48. The van der Waals surface area contributed by atoms with Gasteiger partial charge in [-0.1, -0.05) is 36.9 Å². The van der Waals surface area contributed by atoms with Gasteiger partial charge in [0.15, 0.2) is 0 Å². The van der Waals surface area contributed by atoms with E-state index >= 15 is 0 Å². The molecule has 118 valence electrons. The lowest BCUT2D eigenvalue weighted by Gasteiger charge is -2.31. The Labute approximate surface area is 132 Å². The van der Waals surface area contributed by atoms with Crippen molar-refractivity contribution in [3.8, 4) is 5.75 Å². The van der Waals surface area contributed by atoms with Gasteiger partial charge in [0.2, 0.25) is 10.9 Å². The molecule has 1 N–H and O–H groups in total. The van der Waals surface area contributed by atoms with Crippen molar-refractivity contribution >= 4 is 22.5 Å². The van der Waals surface area contributed by atoms with Crippen LogP contribution in [0.5, 0.6) is 5.75 Å². The van der Waals surface area contributed by atoms with E-state index in [0.717, 1.165) is 25.0 Å². The van der Waals surface area contributed by atoms with Gasteiger partial charge < -0.3 is 4.74 Å². The second-order valence-corrected chi connectivity index (χ2v) is 6.79. The third-order valence-electron chi connectivity index (χ3n) is 4.08. The Kier molecular flexibility index (Phi) is 6.80. The molecule has 1 saturated carbocycles. The quantitative estimate of drug-likeness (QED) is 0.755. The van der Waals surface area contributed by atoms with Crippen LogP contribution in [0.1, 0.15) is 32.1 Å². The summed E-state index contributed by atoms with van der Waals surface area (Å²) in [7, 11) is -2.49. The maximum atomic E-state index is 10.6. The van der Waals surface area contributed by atoms with Gasteiger partial charge in [0, 0.05) is 11.6 Å². The molecule has 0 radical (unpaired) electrons. The van der Waals surface area contributed by atoms with Gasteiger partial charge in [-0.2, -0.15) is 0 Å². The average Bonchev–Trinajstić information content (AvgIpc) is 2.46. The summed E-state index contributed by atoms with van der Waals surface area (Å²) in [4.78, 5) is 0. The zero-order valence-corrected chi connectivity index (χ0v) is 13.6. The van der Waals surface area contributed by atoms with E-state index in [2.05, 4.69) is 4.72 Å². The number of rotatable bonds is 7. The maximum absolute atomic E-state index is 10.6. The minimum absolute atomic E-state index is 0.490. The summed E-state index contributed by atoms with van der Waals surface area (Å²) < 4.78 is 29.5. The molecule has 0 amide bonds. The van der Waals surface area contributed by atoms with Gasteiger partial charge in [0.25, 0.3) is 0 Å². The zero-order chi connectivity index (χ0) is 15.1. The van der Waals surface area contributed by atoms with Gasteiger partial charge in [-0.15, -0.1) is 0 Å². The minimum atomic E-state index is -2.49. The molecule has 0 saturated heterocycles. The van der Waals surface area contributed by atoms with E-state index in [-0.39, 0.29) is 0 Å². The van der Waals surface area contributed by atoms with E-state index in [1.807, 2.05) is 24.3 Å². The van der Waals surface area contributed by atoms with Crippen LogP contribution in [0.3, 0.4) is 0 Å². The molecule has 0 spiro atoms. The van der Waals surface area contributed by atoms with Crippen molar-refractivity contribution < 1.29 is 13.2 Å². The van der Waals surface area contributed by atoms with Crippen LogP contribution in [-0.4, -0.2) is 21.6 Å². The number of ether oxygens (including phenoxy) is 1. The van der Waals surface area contributed by atoms with Crippen LogP contribution in [0.2, 0.25) is 5.02 Å². The van der Waals surface area contributed by atoms with E-state index < -0.39 is 10.9 Å². The van der Waals surface area contributed by atoms with E-state index in [1.165, 1.54) is 12.8 Å². The summed E-state index contributed by atoms with van der Waals surface area (Å²) in [5.74, 6) is 1.82. The number of hydrogen-bond acceptors (Lipinski definition) is 3. The fourth-order valence-electron chi connectivity index (χ4n) is 2.99. The second kappa shape index (κ2) is 8.61. The predicted octanol–water partition coefficient (Wildman–Crippen LogP) is 3.03. The topological polar surface area (TPSA) is 55.4 Å². The smallest absolute Gasteiger partial charge is 0.201 e. The summed E-state index contributed by atoms with van der Waals surface area (Å²) in [5.41, 5.74) is 0. The van der Waals surface area contributed by atoms with Crippen molar-refractivity contribution in [2.75, 3.05) is 13.2 Å². The molecule has 1 aliphatic rings. The van der Waals surface area contributed by atoms with Crippen LogP contribution in [-0.2, 0) is 10.9 Å². The van der Waals surface area contributed by atoms with E-state index in [4.69, 9.17) is 16.3 Å². The summed E-state index contributed by atoms with van der Waals surface area (Å²) in [5, 5.41) is 0.677. The first-order valence-corrected chi connectivity index (χ1v) is 8.97. The van der Waals surface area contributed by atoms with Crippen molar-refractivity contribution in [1.29, 1.82) is 0 Å². The molecule has 6 heteroatoms. The van der Waals surface area contributed by atoms with Gasteiger partial charge >= 0.3 is 0 Å². The number of halogens is 1. The number of hydrogen-bond donors (Lipinski definition) is 2. The van der Waals surface area contributed by atoms with Crippen molar-refractivity contribution in [1.82, 2.24) is 4.72 Å². The maximum Gasteiger partial charge on any atom is 0.201 e. The van der Waals surface area contributed by atoms with Gasteiger partial charge in [0.05, 0.1) is 6.61 Å². The summed E-state index contributed by atoms with van der Waals surface area (Å²) >= 11 is 5.95. The third kappa shape index (κ3) is 5.85. The molecule has 1 aromatic carbocycles. The Bertz CT molecular complexity index is 513. The summed E-state index contributed by atoms with van der Waals surface area (Å²) in [6.07, 6.45) is 5.63. The van der Waals surface area contributed by atoms with E-state index in [0.29, 0.717) is 30.0 Å². The highest BCUT2D eigenvalue weighted by atomic mass is 35.5. The van der Waals surface area contributed by atoms with Gasteiger partial charge in [-0.05, 0) is 42.9 Å². The van der Waals surface area contributed by atoms with Crippen LogP contribution in [0.15, 0.2) is 24.3 Å². The van der Waals surface area contributed by atoms with Crippen molar-refractivity contribution in [2.24, 2.45) is 11.8 Å². The average molecular weight is 332 g/mol. The first-order chi connectivity index (χ1) is 10.1. The molecule has 2 rings (SSSR count). The van der Waals surface area contributed by atoms with E-state index in [9.17, 15) is 8.42 Å². The Balaban J connectivity index is 1.83. The van der Waals surface area contributed by atoms with Crippen LogP contribution in [0.25, 0.3) is 0 Å². The molecule has 2 unspecified atom stereocenters. The number of nitrogens with one attached hydrogen (secondary N) is 1. The number of thiol groups is 1. The monoisotopic (exact) mass is 331 g/mol. The fraction of sp³-hybridized carbons (Fsp3) is 0.600. The molecule has 2 atom stereocenters. The van der Waals surface area contributed by atoms with Crippen LogP contribution < -0.4 is 9.46 Å². The van der Waals surface area contributed by atoms with Crippen molar-refractivity contribution in [3.63, 3.8) is 0 Å². The SMILES string of the molecule is O=[SH](=O)NCCC1CCCCC1COc1cccc(Cl)c1. The standard InChI is InChI=1S/C15H22ClNO3S/c16-14-6-3-7-15(10-14)20-11-13-5-2-1-4-12(13)8-9-17-21(18)19/h3,6-7,10,12-13,21H,1-2,4-5,8-9,11H2,(H,17,18,19). The normalized spacial score (nSPS) is 22.4. The molecule has 21 heavy (non-hydrogen) atoms. The molecule has 1 aromatic rings. The summed E-state index contributed by atoms with van der Waals surface area (Å²) in [6.45, 7) is 1.20. The van der Waals surface area contributed by atoms with Crippen LogP contribution >= 0.6 is 11.6 Å². The minimum Gasteiger partial charge on any atom is -0.493 e. The first kappa shape index (κ1) is 16.6. The van der Waals surface area contributed by atoms with Crippen LogP contribution in [0, 0.1) is 11.8 Å². The third-order valence-corrected chi connectivity index (χ3v) is 4.80. The lowest BCUT2D eigenvalue weighted by Crippen LogP contribution is -2.28.